The molecule has 1 aromatic carbocycles. The summed E-state index contributed by atoms with van der Waals surface area (Å²) in [6.07, 6.45) is 0.497. The summed E-state index contributed by atoms with van der Waals surface area (Å²) < 4.78 is 23.0. The monoisotopic (exact) mass is 326 g/mol. The number of rotatable bonds is 2. The zero-order valence-electron chi connectivity index (χ0n) is 11.5. The number of H-pyrrole nitrogens is 1. The van der Waals surface area contributed by atoms with E-state index in [1.807, 2.05) is 6.07 Å². The standard InChI is InChI=1S/C14H15ClN2O3S/c1-17(11-4-5-21(19,20)8-11)14(18)13-6-9-2-3-10(15)7-12(9)16-13/h2-3,6-7,11,16H,4-5,8H2,1H3. The quantitative estimate of drug-likeness (QED) is 0.918. The molecule has 0 bridgehead atoms. The van der Waals surface area contributed by atoms with Crippen molar-refractivity contribution >= 4 is 38.2 Å². The number of sulfone groups is 1. The van der Waals surface area contributed by atoms with E-state index >= 15 is 0 Å². The van der Waals surface area contributed by atoms with Gasteiger partial charge in [0.25, 0.3) is 5.91 Å². The van der Waals surface area contributed by atoms with Crippen LogP contribution in [0.25, 0.3) is 10.9 Å². The Morgan fingerprint density at radius 2 is 2.14 bits per heavy atom. The lowest BCUT2D eigenvalue weighted by atomic mass is 10.2. The van der Waals surface area contributed by atoms with Gasteiger partial charge in [0, 0.05) is 29.0 Å². The van der Waals surface area contributed by atoms with Gasteiger partial charge in [0.15, 0.2) is 9.84 Å². The van der Waals surface area contributed by atoms with Gasteiger partial charge in [-0.25, -0.2) is 8.42 Å². The lowest BCUT2D eigenvalue weighted by molar-refractivity contribution is 0.0743. The van der Waals surface area contributed by atoms with Gasteiger partial charge in [-0.15, -0.1) is 0 Å². The van der Waals surface area contributed by atoms with Gasteiger partial charge in [0.2, 0.25) is 0 Å². The molecule has 7 heteroatoms. The Labute approximate surface area is 127 Å². The fourth-order valence-corrected chi connectivity index (χ4v) is 4.60. The topological polar surface area (TPSA) is 70.2 Å². The molecule has 1 aromatic heterocycles. The highest BCUT2D eigenvalue weighted by Gasteiger charge is 2.33. The van der Waals surface area contributed by atoms with E-state index in [-0.39, 0.29) is 23.5 Å². The molecule has 1 aliphatic heterocycles. The summed E-state index contributed by atoms with van der Waals surface area (Å²) >= 11 is 5.92. The molecule has 1 saturated heterocycles. The average molecular weight is 327 g/mol. The molecule has 5 nitrogen and oxygen atoms in total. The highest BCUT2D eigenvalue weighted by Crippen LogP contribution is 2.22. The number of hydrogen-bond donors (Lipinski definition) is 1. The predicted molar refractivity (Wildman–Crippen MR) is 82.5 cm³/mol. The number of aromatic amines is 1. The van der Waals surface area contributed by atoms with Gasteiger partial charge in [-0.3, -0.25) is 4.79 Å². The minimum absolute atomic E-state index is 0.0430. The maximum absolute atomic E-state index is 12.5. The van der Waals surface area contributed by atoms with Crippen molar-refractivity contribution in [1.82, 2.24) is 9.88 Å². The third-order valence-electron chi connectivity index (χ3n) is 3.89. The molecular formula is C14H15ClN2O3S. The summed E-state index contributed by atoms with van der Waals surface area (Å²) in [7, 11) is -1.36. The Balaban J connectivity index is 1.86. The number of nitrogens with one attached hydrogen (secondary N) is 1. The lowest BCUT2D eigenvalue weighted by Gasteiger charge is -2.22. The van der Waals surface area contributed by atoms with Gasteiger partial charge in [-0.2, -0.15) is 0 Å². The Morgan fingerprint density at radius 1 is 1.38 bits per heavy atom. The van der Waals surface area contributed by atoms with Gasteiger partial charge in [-0.1, -0.05) is 17.7 Å². The van der Waals surface area contributed by atoms with Gasteiger partial charge in [-0.05, 0) is 24.6 Å². The number of aromatic nitrogens is 1. The minimum atomic E-state index is -3.01. The van der Waals surface area contributed by atoms with E-state index in [2.05, 4.69) is 4.98 Å². The Bertz CT molecular complexity index is 813. The van der Waals surface area contributed by atoms with Crippen LogP contribution in [-0.2, 0) is 9.84 Å². The molecule has 21 heavy (non-hydrogen) atoms. The molecule has 0 spiro atoms. The molecule has 0 radical (unpaired) electrons. The number of nitrogens with zero attached hydrogens (tertiary/aromatic N) is 1. The highest BCUT2D eigenvalue weighted by molar-refractivity contribution is 7.91. The molecule has 1 amide bonds. The van der Waals surface area contributed by atoms with E-state index in [4.69, 9.17) is 11.6 Å². The summed E-state index contributed by atoms with van der Waals surface area (Å²) in [6, 6.07) is 6.86. The second kappa shape index (κ2) is 5.03. The fraction of sp³-hybridized carbons (Fsp3) is 0.357. The number of benzene rings is 1. The van der Waals surface area contributed by atoms with Crippen molar-refractivity contribution in [2.75, 3.05) is 18.6 Å². The van der Waals surface area contributed by atoms with Crippen LogP contribution in [0.1, 0.15) is 16.9 Å². The molecule has 1 unspecified atom stereocenters. The van der Waals surface area contributed by atoms with Crippen LogP contribution >= 0.6 is 11.6 Å². The first-order valence-electron chi connectivity index (χ1n) is 6.61. The Hall–Kier alpha value is -1.53. The van der Waals surface area contributed by atoms with Crippen molar-refractivity contribution in [3.63, 3.8) is 0 Å². The van der Waals surface area contributed by atoms with E-state index in [0.717, 1.165) is 10.9 Å². The first kappa shape index (κ1) is 14.4. The molecule has 1 N–H and O–H groups in total. The summed E-state index contributed by atoms with van der Waals surface area (Å²) in [6.45, 7) is 0. The summed E-state index contributed by atoms with van der Waals surface area (Å²) in [5.74, 6) is -0.0109. The van der Waals surface area contributed by atoms with E-state index in [0.29, 0.717) is 17.1 Å². The smallest absolute Gasteiger partial charge is 0.270 e. The molecule has 0 aliphatic carbocycles. The third kappa shape index (κ3) is 2.78. The first-order chi connectivity index (χ1) is 9.85. The molecule has 1 aliphatic rings. The van der Waals surface area contributed by atoms with Gasteiger partial charge >= 0.3 is 0 Å². The number of carbonyl (C=O) groups is 1. The second-order valence-electron chi connectivity index (χ2n) is 5.39. The number of amides is 1. The predicted octanol–water partition coefficient (Wildman–Crippen LogP) is 2.08. The molecule has 1 fully saturated rings. The second-order valence-corrected chi connectivity index (χ2v) is 8.05. The number of hydrogen-bond acceptors (Lipinski definition) is 3. The van der Waals surface area contributed by atoms with Crippen LogP contribution in [0.5, 0.6) is 0 Å². The molecule has 112 valence electrons. The van der Waals surface area contributed by atoms with Crippen molar-refractivity contribution in [1.29, 1.82) is 0 Å². The highest BCUT2D eigenvalue weighted by atomic mass is 35.5. The van der Waals surface area contributed by atoms with Crippen LogP contribution in [-0.4, -0.2) is 48.8 Å². The van der Waals surface area contributed by atoms with Crippen LogP contribution in [0.3, 0.4) is 0 Å². The maximum Gasteiger partial charge on any atom is 0.270 e. The van der Waals surface area contributed by atoms with Crippen LogP contribution in [0.2, 0.25) is 5.02 Å². The van der Waals surface area contributed by atoms with E-state index in [1.54, 1.807) is 25.2 Å². The van der Waals surface area contributed by atoms with Crippen molar-refractivity contribution in [3.8, 4) is 0 Å². The fourth-order valence-electron chi connectivity index (χ4n) is 2.65. The van der Waals surface area contributed by atoms with Crippen molar-refractivity contribution in [2.24, 2.45) is 0 Å². The SMILES string of the molecule is CN(C(=O)c1cc2ccc(Cl)cc2[nH]1)C1CCS(=O)(=O)C1. The maximum atomic E-state index is 12.5. The van der Waals surface area contributed by atoms with Crippen LogP contribution in [0, 0.1) is 0 Å². The number of fused-ring (bicyclic) bond motifs is 1. The van der Waals surface area contributed by atoms with Gasteiger partial charge in [0.05, 0.1) is 11.5 Å². The van der Waals surface area contributed by atoms with Crippen molar-refractivity contribution < 1.29 is 13.2 Å². The van der Waals surface area contributed by atoms with E-state index < -0.39 is 9.84 Å². The molecule has 0 saturated carbocycles. The summed E-state index contributed by atoms with van der Waals surface area (Å²) in [5, 5.41) is 1.49. The van der Waals surface area contributed by atoms with Gasteiger partial charge in [0.1, 0.15) is 5.69 Å². The zero-order chi connectivity index (χ0) is 15.2. The van der Waals surface area contributed by atoms with Crippen LogP contribution in [0.15, 0.2) is 24.3 Å². The van der Waals surface area contributed by atoms with Gasteiger partial charge < -0.3 is 9.88 Å². The summed E-state index contributed by atoms with van der Waals surface area (Å²) in [4.78, 5) is 17.0. The van der Waals surface area contributed by atoms with Crippen LogP contribution in [0.4, 0.5) is 0 Å². The summed E-state index contributed by atoms with van der Waals surface area (Å²) in [5.41, 5.74) is 1.23. The lowest BCUT2D eigenvalue weighted by Crippen LogP contribution is -2.37. The van der Waals surface area contributed by atoms with E-state index in [9.17, 15) is 13.2 Å². The number of carbonyl (C=O) groups excluding carboxylic acids is 1. The zero-order valence-corrected chi connectivity index (χ0v) is 13.0. The molecular weight excluding hydrogens is 312 g/mol. The largest absolute Gasteiger partial charge is 0.350 e. The first-order valence-corrected chi connectivity index (χ1v) is 8.81. The van der Waals surface area contributed by atoms with Crippen LogP contribution < -0.4 is 0 Å². The number of halogens is 1. The minimum Gasteiger partial charge on any atom is -0.350 e. The molecule has 1 atom stereocenters. The van der Waals surface area contributed by atoms with Crippen molar-refractivity contribution in [3.05, 3.63) is 35.0 Å². The normalized spacial score (nSPS) is 20.8. The third-order valence-corrected chi connectivity index (χ3v) is 5.88. The molecule has 2 heterocycles. The molecule has 3 rings (SSSR count). The molecule has 2 aromatic rings. The Morgan fingerprint density at radius 3 is 2.81 bits per heavy atom. The average Bonchev–Trinajstić information content (AvgIpc) is 2.99. The Kier molecular flexibility index (Phi) is 3.45. The van der Waals surface area contributed by atoms with Crippen molar-refractivity contribution in [2.45, 2.75) is 12.5 Å². The van der Waals surface area contributed by atoms with E-state index in [1.165, 1.54) is 4.90 Å².